The molecule has 7 nitrogen and oxygen atoms in total. The van der Waals surface area contributed by atoms with E-state index >= 15 is 0 Å². The van der Waals surface area contributed by atoms with Crippen LogP contribution >= 0.6 is 0 Å². The van der Waals surface area contributed by atoms with E-state index in [-0.39, 0.29) is 12.3 Å². The average Bonchev–Trinajstić information content (AvgIpc) is 3.09. The number of ketones is 2. The molecule has 174 valence electrons. The van der Waals surface area contributed by atoms with Gasteiger partial charge in [0.25, 0.3) is 5.91 Å². The SMILES string of the molecule is Cc1cc(C(=O)C2C(=O)C(=O)N(Cc3ccc[nH+]c3)C2c2ccc[nH+]c2)ccc1OCC(C)C. The van der Waals surface area contributed by atoms with Crippen LogP contribution in [0.25, 0.3) is 0 Å². The van der Waals surface area contributed by atoms with Crippen LogP contribution in [0, 0.1) is 18.8 Å². The number of aryl methyl sites for hydroxylation is 1. The maximum absolute atomic E-state index is 13.7. The molecule has 3 aromatic rings. The first-order valence-electron chi connectivity index (χ1n) is 11.4. The van der Waals surface area contributed by atoms with E-state index in [2.05, 4.69) is 23.8 Å². The van der Waals surface area contributed by atoms with E-state index < -0.39 is 23.7 Å². The Kier molecular flexibility index (Phi) is 6.82. The number of amides is 1. The molecule has 1 amide bonds. The van der Waals surface area contributed by atoms with Crippen LogP contribution in [-0.4, -0.2) is 29.0 Å². The number of pyridine rings is 2. The van der Waals surface area contributed by atoms with Gasteiger partial charge in [0.05, 0.1) is 19.2 Å². The lowest BCUT2D eigenvalue weighted by atomic mass is 9.86. The Bertz CT molecular complexity index is 1200. The zero-order valence-electron chi connectivity index (χ0n) is 19.6. The van der Waals surface area contributed by atoms with Gasteiger partial charge in [0.1, 0.15) is 11.7 Å². The molecule has 0 aliphatic carbocycles. The summed E-state index contributed by atoms with van der Waals surface area (Å²) >= 11 is 0. The highest BCUT2D eigenvalue weighted by atomic mass is 16.5. The molecular formula is C27H29N3O4+2. The quantitative estimate of drug-likeness (QED) is 0.294. The van der Waals surface area contributed by atoms with Crippen molar-refractivity contribution in [3.05, 3.63) is 89.5 Å². The molecule has 7 heteroatoms. The summed E-state index contributed by atoms with van der Waals surface area (Å²) in [5.41, 5.74) is 2.74. The molecule has 2 unspecified atom stereocenters. The summed E-state index contributed by atoms with van der Waals surface area (Å²) in [5, 5.41) is 0. The molecule has 1 fully saturated rings. The Labute approximate surface area is 198 Å². The van der Waals surface area contributed by atoms with Crippen molar-refractivity contribution >= 4 is 17.5 Å². The predicted molar refractivity (Wildman–Crippen MR) is 124 cm³/mol. The molecule has 1 aliphatic rings. The number of aromatic nitrogens is 2. The van der Waals surface area contributed by atoms with Gasteiger partial charge in [-0.15, -0.1) is 0 Å². The molecule has 1 aromatic carbocycles. The number of aromatic amines is 2. The van der Waals surface area contributed by atoms with E-state index in [0.717, 1.165) is 11.1 Å². The normalized spacial score (nSPS) is 17.9. The third-order valence-corrected chi connectivity index (χ3v) is 5.92. The molecule has 1 saturated heterocycles. The largest absolute Gasteiger partial charge is 0.493 e. The van der Waals surface area contributed by atoms with E-state index in [0.29, 0.717) is 29.4 Å². The number of hydrogen-bond donors (Lipinski definition) is 0. The first-order chi connectivity index (χ1) is 16.4. The minimum atomic E-state index is -1.13. The zero-order chi connectivity index (χ0) is 24.2. The maximum Gasteiger partial charge on any atom is 0.291 e. The Morgan fingerprint density at radius 3 is 2.41 bits per heavy atom. The van der Waals surface area contributed by atoms with Gasteiger partial charge < -0.3 is 9.64 Å². The van der Waals surface area contributed by atoms with Crippen LogP contribution in [0.2, 0.25) is 0 Å². The summed E-state index contributed by atoms with van der Waals surface area (Å²) in [5.74, 6) is -1.75. The van der Waals surface area contributed by atoms with Crippen LogP contribution in [0.1, 0.15) is 46.9 Å². The molecule has 2 N–H and O–H groups in total. The average molecular weight is 460 g/mol. The highest BCUT2D eigenvalue weighted by molar-refractivity contribution is 6.44. The number of rotatable bonds is 8. The van der Waals surface area contributed by atoms with E-state index in [1.165, 1.54) is 4.90 Å². The molecule has 2 atom stereocenters. The topological polar surface area (TPSA) is 92.0 Å². The van der Waals surface area contributed by atoms with Crippen LogP contribution < -0.4 is 14.7 Å². The van der Waals surface area contributed by atoms with Crippen LogP contribution in [0.3, 0.4) is 0 Å². The van der Waals surface area contributed by atoms with Crippen LogP contribution in [0.4, 0.5) is 0 Å². The lowest BCUT2D eigenvalue weighted by Crippen LogP contribution is -2.31. The molecule has 1 aliphatic heterocycles. The summed E-state index contributed by atoms with van der Waals surface area (Å²) < 4.78 is 5.82. The molecule has 34 heavy (non-hydrogen) atoms. The van der Waals surface area contributed by atoms with Gasteiger partial charge in [-0.1, -0.05) is 13.8 Å². The van der Waals surface area contributed by atoms with E-state index in [1.807, 2.05) is 25.1 Å². The van der Waals surface area contributed by atoms with Gasteiger partial charge in [-0.05, 0) is 48.7 Å². The molecule has 4 rings (SSSR count). The number of nitrogens with one attached hydrogen (secondary N) is 2. The molecule has 3 heterocycles. The first-order valence-corrected chi connectivity index (χ1v) is 11.4. The summed E-state index contributed by atoms with van der Waals surface area (Å²) in [4.78, 5) is 47.4. The predicted octanol–water partition coefficient (Wildman–Crippen LogP) is 2.81. The lowest BCUT2D eigenvalue weighted by Gasteiger charge is -2.25. The third kappa shape index (κ3) is 4.73. The number of carbonyl (C=O) groups is 3. The van der Waals surface area contributed by atoms with Crippen LogP contribution in [0.15, 0.2) is 67.3 Å². The van der Waals surface area contributed by atoms with E-state index in [4.69, 9.17) is 4.74 Å². The Morgan fingerprint density at radius 1 is 1.06 bits per heavy atom. The van der Waals surface area contributed by atoms with E-state index in [1.54, 1.807) is 49.1 Å². The van der Waals surface area contributed by atoms with Gasteiger partial charge in [0.2, 0.25) is 5.78 Å². The summed E-state index contributed by atoms with van der Waals surface area (Å²) in [6, 6.07) is 11.8. The Morgan fingerprint density at radius 2 is 1.79 bits per heavy atom. The highest BCUT2D eigenvalue weighted by Crippen LogP contribution is 2.39. The van der Waals surface area contributed by atoms with Crippen molar-refractivity contribution in [1.82, 2.24) is 4.90 Å². The third-order valence-electron chi connectivity index (χ3n) is 5.92. The number of carbonyl (C=O) groups excluding carboxylic acids is 3. The number of nitrogens with zero attached hydrogens (tertiary/aromatic N) is 1. The second-order valence-electron chi connectivity index (χ2n) is 9.02. The molecule has 0 saturated carbocycles. The summed E-state index contributed by atoms with van der Waals surface area (Å²) in [6.45, 7) is 6.79. The van der Waals surface area contributed by atoms with Crippen molar-refractivity contribution in [2.45, 2.75) is 33.4 Å². The number of hydrogen-bond acceptors (Lipinski definition) is 4. The number of Topliss-reactive ketones (excluding diaryl/α,β-unsaturated/α-hetero) is 2. The number of benzene rings is 1. The standard InChI is InChI=1S/C27H27N3O4/c1-17(2)16-34-22-9-8-20(12-18(22)3)25(31)23-24(21-7-5-11-29-14-21)30(27(33)26(23)32)15-19-6-4-10-28-13-19/h4-14,17,23-24H,15-16H2,1-3H3/p+2. The fourth-order valence-corrected chi connectivity index (χ4v) is 4.25. The number of likely N-dealkylation sites (tertiary alicyclic amines) is 1. The van der Waals surface area contributed by atoms with Crippen LogP contribution in [-0.2, 0) is 16.1 Å². The minimum Gasteiger partial charge on any atom is -0.493 e. The van der Waals surface area contributed by atoms with Gasteiger partial charge in [-0.2, -0.15) is 0 Å². The second kappa shape index (κ2) is 9.95. The van der Waals surface area contributed by atoms with Gasteiger partial charge in [-0.3, -0.25) is 14.4 Å². The van der Waals surface area contributed by atoms with Gasteiger partial charge in [-0.25, -0.2) is 9.97 Å². The van der Waals surface area contributed by atoms with Gasteiger partial charge in [0, 0.05) is 28.8 Å². The lowest BCUT2D eigenvalue weighted by molar-refractivity contribution is -0.379. The van der Waals surface area contributed by atoms with Crippen molar-refractivity contribution in [1.29, 1.82) is 0 Å². The smallest absolute Gasteiger partial charge is 0.291 e. The molecule has 0 bridgehead atoms. The van der Waals surface area contributed by atoms with Gasteiger partial charge >= 0.3 is 0 Å². The fourth-order valence-electron chi connectivity index (χ4n) is 4.25. The van der Waals surface area contributed by atoms with Gasteiger partial charge in [0.15, 0.2) is 30.6 Å². The molecular weight excluding hydrogens is 430 g/mol. The highest BCUT2D eigenvalue weighted by Gasteiger charge is 2.52. The van der Waals surface area contributed by atoms with Crippen molar-refractivity contribution < 1.29 is 29.1 Å². The first kappa shape index (κ1) is 23.3. The number of H-pyrrole nitrogens is 2. The Balaban J connectivity index is 1.69. The monoisotopic (exact) mass is 459 g/mol. The van der Waals surface area contributed by atoms with Crippen molar-refractivity contribution in [2.75, 3.05) is 6.61 Å². The molecule has 0 radical (unpaired) electrons. The second-order valence-corrected chi connectivity index (χ2v) is 9.02. The summed E-state index contributed by atoms with van der Waals surface area (Å²) in [6.07, 6.45) is 7.03. The fraction of sp³-hybridized carbons (Fsp3) is 0.296. The zero-order valence-corrected chi connectivity index (χ0v) is 19.6. The molecule has 0 spiro atoms. The maximum atomic E-state index is 13.7. The Hall–Kier alpha value is -3.87. The van der Waals surface area contributed by atoms with E-state index in [9.17, 15) is 14.4 Å². The summed E-state index contributed by atoms with van der Waals surface area (Å²) in [7, 11) is 0. The minimum absolute atomic E-state index is 0.215. The van der Waals surface area contributed by atoms with Crippen molar-refractivity contribution in [3.8, 4) is 5.75 Å². The molecule has 2 aromatic heterocycles. The van der Waals surface area contributed by atoms with Crippen molar-refractivity contribution in [3.63, 3.8) is 0 Å². The van der Waals surface area contributed by atoms with Crippen LogP contribution in [0.5, 0.6) is 5.75 Å². The van der Waals surface area contributed by atoms with Crippen molar-refractivity contribution in [2.24, 2.45) is 11.8 Å². The number of ether oxygens (including phenoxy) is 1.